The monoisotopic (exact) mass is 960 g/mol. The zero-order chi connectivity index (χ0) is 48.9. The lowest BCUT2D eigenvalue weighted by Crippen LogP contribution is -2.67. The van der Waals surface area contributed by atoms with Crippen molar-refractivity contribution in [2.24, 2.45) is 0 Å². The molecule has 25 nitrogen and oxygen atoms in total. The van der Waals surface area contributed by atoms with Gasteiger partial charge in [0.2, 0.25) is 0 Å². The molecule has 0 bridgehead atoms. The number of aliphatic hydroxyl groups excluding tert-OH is 9. The van der Waals surface area contributed by atoms with E-state index in [-0.39, 0.29) is 18.6 Å². The van der Waals surface area contributed by atoms with E-state index in [0.29, 0.717) is 5.56 Å². The first-order valence-corrected chi connectivity index (χ1v) is 21.0. The van der Waals surface area contributed by atoms with Crippen molar-refractivity contribution in [3.63, 3.8) is 0 Å². The Bertz CT molecular complexity index is 1990. The van der Waals surface area contributed by atoms with Crippen molar-refractivity contribution >= 4 is 18.0 Å². The first-order valence-electron chi connectivity index (χ1n) is 21.0. The summed E-state index contributed by atoms with van der Waals surface area (Å²) in [6, 6.07) is 7.53. The fourth-order valence-corrected chi connectivity index (χ4v) is 7.50. The van der Waals surface area contributed by atoms with Gasteiger partial charge in [0.15, 0.2) is 54.3 Å². The van der Waals surface area contributed by atoms with Gasteiger partial charge in [-0.15, -0.1) is 0 Å². The molecule has 4 saturated heterocycles. The highest BCUT2D eigenvalue weighted by molar-refractivity contribution is 5.87. The van der Waals surface area contributed by atoms with Crippen molar-refractivity contribution in [1.82, 2.24) is 0 Å². The first-order chi connectivity index (χ1) is 31.7. The van der Waals surface area contributed by atoms with Crippen LogP contribution in [0.4, 0.5) is 0 Å². The van der Waals surface area contributed by atoms with Gasteiger partial charge in [0.1, 0.15) is 86.0 Å². The molecule has 19 atom stereocenters. The lowest BCUT2D eigenvalue weighted by atomic mass is 9.96. The smallest absolute Gasteiger partial charge is 0.331 e. The molecule has 4 fully saturated rings. The van der Waals surface area contributed by atoms with E-state index in [1.807, 2.05) is 0 Å². The van der Waals surface area contributed by atoms with Crippen molar-refractivity contribution in [2.45, 2.75) is 137 Å². The third-order valence-electron chi connectivity index (χ3n) is 11.4. The van der Waals surface area contributed by atoms with Crippen LogP contribution in [0.25, 0.3) is 6.08 Å². The van der Waals surface area contributed by atoms with Crippen LogP contribution in [0.5, 0.6) is 23.0 Å². The molecule has 0 radical (unpaired) electrons. The summed E-state index contributed by atoms with van der Waals surface area (Å²) in [7, 11) is 0. The summed E-state index contributed by atoms with van der Waals surface area (Å²) >= 11 is 0. The van der Waals surface area contributed by atoms with Crippen molar-refractivity contribution in [1.29, 1.82) is 0 Å². The molecule has 2 aromatic carbocycles. The van der Waals surface area contributed by atoms with E-state index < -0.39 is 171 Å². The molecule has 0 aromatic heterocycles. The van der Waals surface area contributed by atoms with Gasteiger partial charge in [-0.25, -0.2) is 4.79 Å². The van der Waals surface area contributed by atoms with Gasteiger partial charge in [0.05, 0.1) is 25.9 Å². The van der Waals surface area contributed by atoms with Gasteiger partial charge >= 0.3 is 11.9 Å². The number of aromatic hydroxyl groups is 4. The number of phenols is 4. The van der Waals surface area contributed by atoms with Crippen LogP contribution >= 0.6 is 0 Å². The number of carbonyl (C=O) groups is 2. The van der Waals surface area contributed by atoms with Crippen LogP contribution in [0.1, 0.15) is 25.0 Å². The Balaban J connectivity index is 1.41. The zero-order valence-electron chi connectivity index (χ0n) is 35.8. The van der Waals surface area contributed by atoms with Gasteiger partial charge in [0.25, 0.3) is 0 Å². The summed E-state index contributed by atoms with van der Waals surface area (Å²) in [5.41, 5.74) is 0.632. The molecule has 13 N–H and O–H groups in total. The summed E-state index contributed by atoms with van der Waals surface area (Å²) < 4.78 is 58.7. The quantitative estimate of drug-likeness (QED) is 0.0431. The molecule has 0 amide bonds. The second-order valence-corrected chi connectivity index (χ2v) is 16.3. The summed E-state index contributed by atoms with van der Waals surface area (Å²) in [5, 5.41) is 136. The van der Waals surface area contributed by atoms with Crippen LogP contribution in [-0.4, -0.2) is 221 Å². The molecule has 2 aromatic rings. The number of hydrogen-bond acceptors (Lipinski definition) is 25. The maximum Gasteiger partial charge on any atom is 0.331 e. The zero-order valence-corrected chi connectivity index (χ0v) is 35.8. The van der Waals surface area contributed by atoms with Gasteiger partial charge in [-0.05, 0) is 54.8 Å². The molecule has 6 rings (SSSR count). The third-order valence-corrected chi connectivity index (χ3v) is 11.4. The van der Waals surface area contributed by atoms with Crippen LogP contribution in [0.3, 0.4) is 0 Å². The van der Waals surface area contributed by atoms with Crippen LogP contribution in [0.15, 0.2) is 42.5 Å². The molecule has 25 heteroatoms. The van der Waals surface area contributed by atoms with E-state index in [1.54, 1.807) is 0 Å². The Morgan fingerprint density at radius 2 is 1.25 bits per heavy atom. The third kappa shape index (κ3) is 12.7. The maximum atomic E-state index is 13.8. The minimum atomic E-state index is -2.12. The number of rotatable bonds is 16. The first kappa shape index (κ1) is 52.0. The minimum Gasteiger partial charge on any atom is -0.504 e. The summed E-state index contributed by atoms with van der Waals surface area (Å²) in [6.45, 7) is 0.140. The number of phenolic OH excluding ortho intramolecular Hbond substituents is 4. The van der Waals surface area contributed by atoms with Gasteiger partial charge < -0.3 is 114 Å². The lowest BCUT2D eigenvalue weighted by Gasteiger charge is -2.49. The molecular weight excluding hydrogens is 904 g/mol. The number of ether oxygens (including phenoxy) is 10. The normalized spacial score (nSPS) is 38.1. The van der Waals surface area contributed by atoms with Crippen LogP contribution in [0, 0.1) is 0 Å². The van der Waals surface area contributed by atoms with Crippen LogP contribution in [0.2, 0.25) is 0 Å². The van der Waals surface area contributed by atoms with E-state index in [0.717, 1.165) is 25.1 Å². The Morgan fingerprint density at radius 3 is 1.94 bits per heavy atom. The van der Waals surface area contributed by atoms with E-state index in [9.17, 15) is 76.0 Å². The van der Waals surface area contributed by atoms with Gasteiger partial charge in [-0.1, -0.05) is 12.1 Å². The van der Waals surface area contributed by atoms with Crippen molar-refractivity contribution in [2.75, 3.05) is 26.4 Å². The highest BCUT2D eigenvalue weighted by Crippen LogP contribution is 2.36. The summed E-state index contributed by atoms with van der Waals surface area (Å²) in [5.74, 6) is -3.82. The Hall–Kier alpha value is -4.36. The summed E-state index contributed by atoms with van der Waals surface area (Å²) in [6.07, 6.45) is -31.7. The molecule has 67 heavy (non-hydrogen) atoms. The van der Waals surface area contributed by atoms with Crippen molar-refractivity contribution in [3.8, 4) is 23.0 Å². The Labute approximate surface area is 381 Å². The molecule has 0 saturated carbocycles. The standard InChI is InChI=1S/C42H56O25/c1-16-28(50)31(53)34(56)39(62-16)61-15-26-36(65-27(49)8-5-18-3-6-20(44)22(46)11-18)37(66-41-35(57)32(54)30(52)25(63-41)14-59-17(2)43)38(67-40-33(55)29(51)24(48)13-60-40)42(64-26)58-10-9-19-4-7-21(45)23(47)12-19/h3-8,11-12,16,24-26,28-42,44-48,50-57H,9-10,13-15H2,1-2H3/b8-5+/t16-,24-,25+,26+,28-,29-,30+,31+,32-,33+,34+,35+,36+,37-,38+,39+,40-,41-,42+/m0/s1. The second-order valence-electron chi connectivity index (χ2n) is 16.3. The maximum absolute atomic E-state index is 13.8. The highest BCUT2D eigenvalue weighted by atomic mass is 16.8. The predicted molar refractivity (Wildman–Crippen MR) is 216 cm³/mol. The SMILES string of the molecule is CC(=O)OC[C@H]1O[C@@H](O[C@@H]2[C@@H](O[C@@H]3OC[C@H](O)[C@H](O)[C@H]3O)[C@H](OCCc3ccc(O)c(O)c3)O[C@H](CO[C@@H]3O[C@@H](C)[C@H](O)[C@@H](O)[C@H]3O)[C@H]2OC(=O)/C=C/c2ccc(O)c(O)c2)[C@H](O)[C@@H](O)[C@@H]1O. The molecule has 0 aliphatic carbocycles. The van der Waals surface area contributed by atoms with Crippen LogP contribution in [-0.2, 0) is 63.4 Å². The molecule has 4 aliphatic rings. The van der Waals surface area contributed by atoms with E-state index >= 15 is 0 Å². The summed E-state index contributed by atoms with van der Waals surface area (Å²) in [4.78, 5) is 25.5. The van der Waals surface area contributed by atoms with Crippen LogP contribution < -0.4 is 0 Å². The van der Waals surface area contributed by atoms with Gasteiger partial charge in [-0.2, -0.15) is 0 Å². The fourth-order valence-electron chi connectivity index (χ4n) is 7.50. The highest BCUT2D eigenvalue weighted by Gasteiger charge is 2.56. The number of aliphatic hydroxyl groups is 9. The van der Waals surface area contributed by atoms with Crippen molar-refractivity contribution in [3.05, 3.63) is 53.6 Å². The molecular formula is C42H56O25. The lowest BCUT2D eigenvalue weighted by molar-refractivity contribution is -0.390. The van der Waals surface area contributed by atoms with Gasteiger partial charge in [0, 0.05) is 13.0 Å². The Kier molecular flexibility index (Phi) is 17.7. The number of carbonyl (C=O) groups excluding carboxylic acids is 2. The fraction of sp³-hybridized carbons (Fsp3) is 0.619. The van der Waals surface area contributed by atoms with E-state index in [2.05, 4.69) is 0 Å². The average molecular weight is 961 g/mol. The Morgan fingerprint density at radius 1 is 0.627 bits per heavy atom. The largest absolute Gasteiger partial charge is 0.504 e. The molecule has 374 valence electrons. The number of benzene rings is 2. The van der Waals surface area contributed by atoms with Crippen molar-refractivity contribution < 1.29 is 123 Å². The minimum absolute atomic E-state index is 0.00314. The molecule has 4 aliphatic heterocycles. The predicted octanol–water partition coefficient (Wildman–Crippen LogP) is -4.16. The molecule has 4 heterocycles. The average Bonchev–Trinajstić information content (AvgIpc) is 3.29. The number of hydrogen-bond donors (Lipinski definition) is 13. The number of esters is 2. The molecule has 0 unspecified atom stereocenters. The van der Waals surface area contributed by atoms with Gasteiger partial charge in [-0.3, -0.25) is 4.79 Å². The topological polar surface area (TPSA) is 389 Å². The van der Waals surface area contributed by atoms with E-state index in [4.69, 9.17) is 47.4 Å². The van der Waals surface area contributed by atoms with E-state index in [1.165, 1.54) is 37.3 Å². The molecule has 0 spiro atoms. The second kappa shape index (κ2) is 22.8.